The first-order chi connectivity index (χ1) is 17.5. The van der Waals surface area contributed by atoms with E-state index in [2.05, 4.69) is 68.6 Å². The van der Waals surface area contributed by atoms with Crippen LogP contribution in [0.2, 0.25) is 0 Å². The van der Waals surface area contributed by atoms with Gasteiger partial charge in [0, 0.05) is 34.4 Å². The fourth-order valence-electron chi connectivity index (χ4n) is 5.98. The monoisotopic (exact) mass is 574 g/mol. The number of rotatable bonds is 4. The highest BCUT2D eigenvalue weighted by molar-refractivity contribution is 9.10. The number of alkyl halides is 3. The maximum absolute atomic E-state index is 12.8. The second-order valence-corrected chi connectivity index (χ2v) is 11.6. The summed E-state index contributed by atoms with van der Waals surface area (Å²) in [5.74, 6) is -0.295. The van der Waals surface area contributed by atoms with Gasteiger partial charge in [-0.1, -0.05) is 60.1 Å². The third kappa shape index (κ3) is 5.60. The summed E-state index contributed by atoms with van der Waals surface area (Å²) in [6.45, 7) is 4.98. The number of aliphatic hydroxyl groups excluding tert-OH is 1. The molecule has 1 saturated carbocycles. The molecule has 0 spiro atoms. The van der Waals surface area contributed by atoms with Crippen LogP contribution in [0.15, 0.2) is 83.3 Å². The van der Waals surface area contributed by atoms with Gasteiger partial charge in [-0.2, -0.15) is 0 Å². The summed E-state index contributed by atoms with van der Waals surface area (Å²) in [6, 6.07) is 24.4. The largest absolute Gasteiger partial charge is 0.573 e. The van der Waals surface area contributed by atoms with E-state index in [1.807, 2.05) is 30.3 Å². The Hall–Kier alpha value is -2.71. The van der Waals surface area contributed by atoms with E-state index in [1.165, 1.54) is 12.1 Å². The van der Waals surface area contributed by atoms with Crippen LogP contribution in [-0.2, 0) is 0 Å². The van der Waals surface area contributed by atoms with Crippen LogP contribution in [0.3, 0.4) is 0 Å². The molecule has 4 atom stereocenters. The van der Waals surface area contributed by atoms with Gasteiger partial charge >= 0.3 is 6.36 Å². The molecule has 0 amide bonds. The predicted octanol–water partition coefficient (Wildman–Crippen LogP) is 7.54. The Morgan fingerprint density at radius 1 is 0.892 bits per heavy atom. The minimum atomic E-state index is -4.75. The number of hydrogen-bond donors (Lipinski definition) is 1. The summed E-state index contributed by atoms with van der Waals surface area (Å²) in [4.78, 5) is 4.58. The van der Waals surface area contributed by atoms with Gasteiger partial charge < -0.3 is 19.6 Å². The third-order valence-electron chi connectivity index (χ3n) is 7.46. The number of aliphatic hydroxyl groups is 1. The van der Waals surface area contributed by atoms with Gasteiger partial charge in [0.2, 0.25) is 0 Å². The number of fused-ring (bicyclic) bond motifs is 1. The molecule has 2 aliphatic rings. The zero-order chi connectivity index (χ0) is 26.4. The van der Waals surface area contributed by atoms with E-state index in [1.54, 1.807) is 12.1 Å². The van der Waals surface area contributed by atoms with Gasteiger partial charge in [0.25, 0.3) is 0 Å². The SMILES string of the molecule is CC1(C)CC(O)C2CN(c3ccc(OC(F)(F)F)cc3)C(c3ccc(Br)cc3)N(c3ccccc3)C2C1. The fourth-order valence-corrected chi connectivity index (χ4v) is 6.24. The highest BCUT2D eigenvalue weighted by Gasteiger charge is 2.50. The van der Waals surface area contributed by atoms with Crippen LogP contribution in [-0.4, -0.2) is 30.2 Å². The van der Waals surface area contributed by atoms with Crippen molar-refractivity contribution >= 4 is 27.3 Å². The number of nitrogens with zero attached hydrogens (tertiary/aromatic N) is 2. The van der Waals surface area contributed by atoms with Gasteiger partial charge in [-0.25, -0.2) is 0 Å². The lowest BCUT2D eigenvalue weighted by atomic mass is 9.66. The van der Waals surface area contributed by atoms with Gasteiger partial charge in [0.1, 0.15) is 11.9 Å². The second kappa shape index (κ2) is 9.87. The van der Waals surface area contributed by atoms with Crippen LogP contribution in [0.4, 0.5) is 24.5 Å². The van der Waals surface area contributed by atoms with E-state index in [0.717, 1.165) is 27.8 Å². The van der Waals surface area contributed by atoms with Crippen molar-refractivity contribution in [3.63, 3.8) is 0 Å². The summed E-state index contributed by atoms with van der Waals surface area (Å²) in [7, 11) is 0. The molecule has 1 aliphatic heterocycles. The summed E-state index contributed by atoms with van der Waals surface area (Å²) in [5, 5.41) is 11.3. The standard InChI is InChI=1S/C29H30BrF3N2O2/c1-28(2)16-25-24(26(36)17-28)18-34(21-12-14-23(15-13-21)37-29(31,32)33)27(19-8-10-20(30)11-9-19)35(25)22-6-4-3-5-7-22/h3-15,24-27,36H,16-18H2,1-2H3. The van der Waals surface area contributed by atoms with Crippen molar-refractivity contribution in [1.29, 1.82) is 0 Å². The molecule has 37 heavy (non-hydrogen) atoms. The minimum Gasteiger partial charge on any atom is -0.406 e. The first-order valence-electron chi connectivity index (χ1n) is 12.4. The highest BCUT2D eigenvalue weighted by atomic mass is 79.9. The lowest BCUT2D eigenvalue weighted by Gasteiger charge is -2.59. The third-order valence-corrected chi connectivity index (χ3v) is 7.99. The van der Waals surface area contributed by atoms with Crippen molar-refractivity contribution < 1.29 is 23.0 Å². The molecule has 0 aromatic heterocycles. The number of anilines is 2. The molecular formula is C29H30BrF3N2O2. The molecule has 1 N–H and O–H groups in total. The van der Waals surface area contributed by atoms with Crippen LogP contribution in [0.1, 0.15) is 38.4 Å². The molecule has 4 nitrogen and oxygen atoms in total. The molecule has 5 rings (SSSR count). The fraction of sp³-hybridized carbons (Fsp3) is 0.379. The average molecular weight is 575 g/mol. The molecule has 0 radical (unpaired) electrons. The molecule has 3 aromatic carbocycles. The normalized spacial score (nSPS) is 25.5. The zero-order valence-corrected chi connectivity index (χ0v) is 22.3. The maximum Gasteiger partial charge on any atom is 0.573 e. The smallest absolute Gasteiger partial charge is 0.406 e. The number of halogens is 4. The molecule has 2 fully saturated rings. The Labute approximate surface area is 223 Å². The van der Waals surface area contributed by atoms with Crippen molar-refractivity contribution in [1.82, 2.24) is 0 Å². The molecule has 196 valence electrons. The molecule has 1 aliphatic carbocycles. The van der Waals surface area contributed by atoms with E-state index in [4.69, 9.17) is 0 Å². The Morgan fingerprint density at radius 3 is 2.16 bits per heavy atom. The van der Waals surface area contributed by atoms with E-state index in [-0.39, 0.29) is 29.3 Å². The Bertz CT molecular complexity index is 1200. The number of ether oxygens (including phenoxy) is 1. The van der Waals surface area contributed by atoms with Gasteiger partial charge in [-0.3, -0.25) is 0 Å². The van der Waals surface area contributed by atoms with Crippen molar-refractivity contribution in [2.45, 2.75) is 51.4 Å². The molecule has 0 bridgehead atoms. The molecule has 3 aromatic rings. The molecule has 1 heterocycles. The van der Waals surface area contributed by atoms with Crippen molar-refractivity contribution in [2.75, 3.05) is 16.3 Å². The predicted molar refractivity (Wildman–Crippen MR) is 143 cm³/mol. The number of benzene rings is 3. The minimum absolute atomic E-state index is 0.0311. The van der Waals surface area contributed by atoms with Crippen LogP contribution in [0.5, 0.6) is 5.75 Å². The van der Waals surface area contributed by atoms with Crippen molar-refractivity contribution in [3.05, 3.63) is 88.9 Å². The maximum atomic E-state index is 12.8. The zero-order valence-electron chi connectivity index (χ0n) is 20.7. The van der Waals surface area contributed by atoms with Crippen molar-refractivity contribution in [3.8, 4) is 5.75 Å². The van der Waals surface area contributed by atoms with Gasteiger partial charge in [0.05, 0.1) is 6.10 Å². The summed E-state index contributed by atoms with van der Waals surface area (Å²) >= 11 is 3.53. The molecule has 1 saturated heterocycles. The molecular weight excluding hydrogens is 545 g/mol. The number of para-hydroxylation sites is 1. The van der Waals surface area contributed by atoms with E-state index >= 15 is 0 Å². The van der Waals surface area contributed by atoms with Gasteiger partial charge in [-0.15, -0.1) is 13.2 Å². The Morgan fingerprint density at radius 2 is 1.54 bits per heavy atom. The Kier molecular flexibility index (Phi) is 6.92. The quantitative estimate of drug-likeness (QED) is 0.349. The summed E-state index contributed by atoms with van der Waals surface area (Å²) < 4.78 is 43.4. The van der Waals surface area contributed by atoms with E-state index in [9.17, 15) is 18.3 Å². The molecule has 4 unspecified atom stereocenters. The van der Waals surface area contributed by atoms with Crippen LogP contribution in [0.25, 0.3) is 0 Å². The van der Waals surface area contributed by atoms with E-state index < -0.39 is 12.5 Å². The average Bonchev–Trinajstić information content (AvgIpc) is 2.83. The van der Waals surface area contributed by atoms with Crippen molar-refractivity contribution in [2.24, 2.45) is 11.3 Å². The second-order valence-electron chi connectivity index (χ2n) is 10.7. The topological polar surface area (TPSA) is 35.9 Å². The van der Waals surface area contributed by atoms with Gasteiger partial charge in [-0.05, 0) is 72.4 Å². The first kappa shape index (κ1) is 25.9. The summed E-state index contributed by atoms with van der Waals surface area (Å²) in [6.07, 6.45) is -3.86. The Balaban J connectivity index is 1.63. The highest BCUT2D eigenvalue weighted by Crippen LogP contribution is 2.49. The number of hydrogen-bond acceptors (Lipinski definition) is 4. The van der Waals surface area contributed by atoms with Crippen LogP contribution >= 0.6 is 15.9 Å². The summed E-state index contributed by atoms with van der Waals surface area (Å²) in [5.41, 5.74) is 2.83. The molecule has 8 heteroatoms. The van der Waals surface area contributed by atoms with Crippen LogP contribution in [0, 0.1) is 11.3 Å². The van der Waals surface area contributed by atoms with Crippen LogP contribution < -0.4 is 14.5 Å². The first-order valence-corrected chi connectivity index (χ1v) is 13.2. The van der Waals surface area contributed by atoms with Gasteiger partial charge in [0.15, 0.2) is 0 Å². The van der Waals surface area contributed by atoms with E-state index in [0.29, 0.717) is 13.0 Å². The lowest BCUT2D eigenvalue weighted by Crippen LogP contribution is -2.63. The lowest BCUT2D eigenvalue weighted by molar-refractivity contribution is -0.274.